The summed E-state index contributed by atoms with van der Waals surface area (Å²) in [5, 5.41) is 3.46. The molecule has 0 saturated carbocycles. The number of amides is 1. The van der Waals surface area contributed by atoms with Gasteiger partial charge in [-0.15, -0.1) is 0 Å². The zero-order valence-corrected chi connectivity index (χ0v) is 17.7. The maximum atomic E-state index is 13.3. The summed E-state index contributed by atoms with van der Waals surface area (Å²) in [6.07, 6.45) is 2.35. The third-order valence-corrected chi connectivity index (χ3v) is 5.64. The van der Waals surface area contributed by atoms with Gasteiger partial charge in [0.15, 0.2) is 5.96 Å². The number of hydrogen-bond acceptors (Lipinski definition) is 4. The summed E-state index contributed by atoms with van der Waals surface area (Å²) in [5.41, 5.74) is 1.03. The normalized spacial score (nSPS) is 19.9. The summed E-state index contributed by atoms with van der Waals surface area (Å²) < 4.78 is 11.2. The quantitative estimate of drug-likeness (QED) is 0.580. The molecule has 0 aromatic heterocycles. The van der Waals surface area contributed by atoms with Crippen LogP contribution >= 0.6 is 0 Å². The predicted molar refractivity (Wildman–Crippen MR) is 114 cm³/mol. The SMILES string of the molecule is CCOC1CCN(C(=NC)NCC(C(=O)N2CCOCC2)c2ccccc2)CC1. The number of guanidine groups is 1. The maximum Gasteiger partial charge on any atom is 0.232 e. The van der Waals surface area contributed by atoms with Gasteiger partial charge in [0.05, 0.1) is 25.2 Å². The third-order valence-electron chi connectivity index (χ3n) is 5.64. The maximum absolute atomic E-state index is 13.3. The highest BCUT2D eigenvalue weighted by molar-refractivity contribution is 5.86. The lowest BCUT2D eigenvalue weighted by molar-refractivity contribution is -0.136. The molecule has 1 aromatic carbocycles. The van der Waals surface area contributed by atoms with E-state index in [4.69, 9.17) is 9.47 Å². The molecule has 0 spiro atoms. The van der Waals surface area contributed by atoms with Crippen LogP contribution in [0.2, 0.25) is 0 Å². The number of benzene rings is 1. The van der Waals surface area contributed by atoms with Crippen molar-refractivity contribution in [3.05, 3.63) is 35.9 Å². The molecule has 160 valence electrons. The van der Waals surface area contributed by atoms with Crippen LogP contribution in [0.5, 0.6) is 0 Å². The Morgan fingerprint density at radius 3 is 2.48 bits per heavy atom. The molecule has 2 heterocycles. The molecule has 3 rings (SSSR count). The van der Waals surface area contributed by atoms with Gasteiger partial charge in [0, 0.05) is 46.4 Å². The van der Waals surface area contributed by atoms with Gasteiger partial charge >= 0.3 is 0 Å². The van der Waals surface area contributed by atoms with Gasteiger partial charge in [-0.2, -0.15) is 0 Å². The number of piperidine rings is 1. The van der Waals surface area contributed by atoms with Gasteiger partial charge < -0.3 is 24.6 Å². The second-order valence-corrected chi connectivity index (χ2v) is 7.47. The highest BCUT2D eigenvalue weighted by Gasteiger charge is 2.28. The second-order valence-electron chi connectivity index (χ2n) is 7.47. The van der Waals surface area contributed by atoms with Gasteiger partial charge in [-0.05, 0) is 25.3 Å². The van der Waals surface area contributed by atoms with Crippen molar-refractivity contribution in [1.29, 1.82) is 0 Å². The number of carbonyl (C=O) groups excluding carboxylic acids is 1. The largest absolute Gasteiger partial charge is 0.378 e. The molecule has 0 bridgehead atoms. The van der Waals surface area contributed by atoms with Crippen LogP contribution < -0.4 is 5.32 Å². The topological polar surface area (TPSA) is 66.4 Å². The highest BCUT2D eigenvalue weighted by atomic mass is 16.5. The van der Waals surface area contributed by atoms with E-state index in [1.807, 2.05) is 42.2 Å². The van der Waals surface area contributed by atoms with E-state index in [0.29, 0.717) is 39.0 Å². The summed E-state index contributed by atoms with van der Waals surface area (Å²) in [6.45, 7) is 7.69. The van der Waals surface area contributed by atoms with Gasteiger partial charge in [-0.25, -0.2) is 0 Å². The van der Waals surface area contributed by atoms with Crippen molar-refractivity contribution in [2.24, 2.45) is 4.99 Å². The first kappa shape index (κ1) is 21.6. The molecule has 2 saturated heterocycles. The summed E-state index contributed by atoms with van der Waals surface area (Å²) in [7, 11) is 1.80. The zero-order chi connectivity index (χ0) is 20.5. The number of hydrogen-bond donors (Lipinski definition) is 1. The molecule has 1 N–H and O–H groups in total. The average Bonchev–Trinajstić information content (AvgIpc) is 2.79. The van der Waals surface area contributed by atoms with E-state index in [0.717, 1.165) is 44.1 Å². The van der Waals surface area contributed by atoms with Crippen LogP contribution in [0.4, 0.5) is 0 Å². The van der Waals surface area contributed by atoms with E-state index in [1.165, 1.54) is 0 Å². The fraction of sp³-hybridized carbons (Fsp3) is 0.636. The third kappa shape index (κ3) is 5.93. The van der Waals surface area contributed by atoms with E-state index >= 15 is 0 Å². The smallest absolute Gasteiger partial charge is 0.232 e. The molecule has 0 radical (unpaired) electrons. The van der Waals surface area contributed by atoms with E-state index in [1.54, 1.807) is 7.05 Å². The lowest BCUT2D eigenvalue weighted by Gasteiger charge is -2.35. The van der Waals surface area contributed by atoms with Crippen LogP contribution in [0.1, 0.15) is 31.2 Å². The minimum absolute atomic E-state index is 0.150. The minimum Gasteiger partial charge on any atom is -0.378 e. The van der Waals surface area contributed by atoms with Crippen molar-refractivity contribution in [1.82, 2.24) is 15.1 Å². The van der Waals surface area contributed by atoms with E-state index in [-0.39, 0.29) is 11.8 Å². The van der Waals surface area contributed by atoms with E-state index in [2.05, 4.69) is 15.2 Å². The number of likely N-dealkylation sites (tertiary alicyclic amines) is 1. The second kappa shape index (κ2) is 11.2. The molecule has 1 atom stereocenters. The monoisotopic (exact) mass is 402 g/mol. The first-order valence-corrected chi connectivity index (χ1v) is 10.7. The fourth-order valence-electron chi connectivity index (χ4n) is 4.03. The number of nitrogens with one attached hydrogen (secondary N) is 1. The standard InChI is InChI=1S/C22H34N4O3/c1-3-29-19-9-11-26(12-10-19)22(23-2)24-17-20(18-7-5-4-6-8-18)21(27)25-13-15-28-16-14-25/h4-8,19-20H,3,9-17H2,1-2H3,(H,23,24). The predicted octanol–water partition coefficient (Wildman–Crippen LogP) is 1.71. The number of ether oxygens (including phenoxy) is 2. The zero-order valence-electron chi connectivity index (χ0n) is 17.7. The van der Waals surface area contributed by atoms with Crippen LogP contribution in [-0.2, 0) is 14.3 Å². The van der Waals surface area contributed by atoms with Crippen molar-refractivity contribution in [3.8, 4) is 0 Å². The molecule has 29 heavy (non-hydrogen) atoms. The van der Waals surface area contributed by atoms with E-state index in [9.17, 15) is 4.79 Å². The molecular weight excluding hydrogens is 368 g/mol. The number of aliphatic imine (C=N–C) groups is 1. The molecule has 7 nitrogen and oxygen atoms in total. The van der Waals surface area contributed by atoms with Crippen molar-refractivity contribution in [3.63, 3.8) is 0 Å². The number of morpholine rings is 1. The van der Waals surface area contributed by atoms with Crippen molar-refractivity contribution in [2.45, 2.75) is 31.8 Å². The molecule has 2 fully saturated rings. The van der Waals surface area contributed by atoms with Crippen molar-refractivity contribution < 1.29 is 14.3 Å². The van der Waals surface area contributed by atoms with Gasteiger partial charge in [0.25, 0.3) is 0 Å². The van der Waals surface area contributed by atoms with E-state index < -0.39 is 0 Å². The molecule has 1 unspecified atom stereocenters. The Bertz CT molecular complexity index is 653. The fourth-order valence-corrected chi connectivity index (χ4v) is 4.03. The molecular formula is C22H34N4O3. The van der Waals surface area contributed by atoms with Gasteiger partial charge in [-0.3, -0.25) is 9.79 Å². The lowest BCUT2D eigenvalue weighted by Crippen LogP contribution is -2.50. The Morgan fingerprint density at radius 1 is 1.17 bits per heavy atom. The van der Waals surface area contributed by atoms with Crippen LogP contribution in [0.3, 0.4) is 0 Å². The van der Waals surface area contributed by atoms with Gasteiger partial charge in [0.2, 0.25) is 5.91 Å². The summed E-state index contributed by atoms with van der Waals surface area (Å²) in [6, 6.07) is 10.0. The average molecular weight is 403 g/mol. The Balaban J connectivity index is 1.63. The molecule has 1 amide bonds. The van der Waals surface area contributed by atoms with Gasteiger partial charge in [0.1, 0.15) is 0 Å². The summed E-state index contributed by atoms with van der Waals surface area (Å²) in [4.78, 5) is 21.9. The lowest BCUT2D eigenvalue weighted by atomic mass is 9.97. The Morgan fingerprint density at radius 2 is 1.86 bits per heavy atom. The summed E-state index contributed by atoms with van der Waals surface area (Å²) in [5.74, 6) is 0.764. The first-order chi connectivity index (χ1) is 14.2. The number of rotatable bonds is 6. The molecule has 2 aliphatic rings. The van der Waals surface area contributed by atoms with Crippen LogP contribution in [0.25, 0.3) is 0 Å². The van der Waals surface area contributed by atoms with Crippen LogP contribution in [-0.4, -0.2) is 87.4 Å². The number of carbonyl (C=O) groups is 1. The highest BCUT2D eigenvalue weighted by Crippen LogP contribution is 2.19. The Labute approximate surface area is 174 Å². The molecule has 1 aromatic rings. The molecule has 2 aliphatic heterocycles. The minimum atomic E-state index is -0.244. The summed E-state index contributed by atoms with van der Waals surface area (Å²) >= 11 is 0. The Kier molecular flexibility index (Phi) is 8.31. The number of nitrogens with zero attached hydrogens (tertiary/aromatic N) is 3. The van der Waals surface area contributed by atoms with Crippen LogP contribution in [0, 0.1) is 0 Å². The van der Waals surface area contributed by atoms with Crippen LogP contribution in [0.15, 0.2) is 35.3 Å². The molecule has 0 aliphatic carbocycles. The van der Waals surface area contributed by atoms with Crippen molar-refractivity contribution >= 4 is 11.9 Å². The Hall–Kier alpha value is -2.12. The first-order valence-electron chi connectivity index (χ1n) is 10.7. The molecule has 7 heteroatoms. The van der Waals surface area contributed by atoms with Gasteiger partial charge in [-0.1, -0.05) is 30.3 Å². The van der Waals surface area contributed by atoms with Crippen molar-refractivity contribution in [2.75, 3.05) is 59.6 Å².